The molecule has 0 spiro atoms. The molecular weight excluding hydrogens is 320 g/mol. The first-order valence-corrected chi connectivity index (χ1v) is 7.06. The van der Waals surface area contributed by atoms with Gasteiger partial charge in [0, 0.05) is 6.42 Å². The lowest BCUT2D eigenvalue weighted by atomic mass is 9.96. The Morgan fingerprint density at radius 2 is 1.57 bits per heavy atom. The smallest absolute Gasteiger partial charge is 0.202 e. The Morgan fingerprint density at radius 1 is 0.913 bits per heavy atom. The lowest BCUT2D eigenvalue weighted by Gasteiger charge is -2.47. The van der Waals surface area contributed by atoms with Crippen LogP contribution in [-0.2, 0) is 14.2 Å². The summed E-state index contributed by atoms with van der Waals surface area (Å²) >= 11 is 0. The molecule has 0 aromatic rings. The molecular formula is C12H22O11. The number of hydrogen-bond acceptors (Lipinski definition) is 11. The van der Waals surface area contributed by atoms with E-state index in [1.807, 2.05) is 0 Å². The van der Waals surface area contributed by atoms with Gasteiger partial charge in [-0.3, -0.25) is 0 Å². The van der Waals surface area contributed by atoms with E-state index in [0.29, 0.717) is 0 Å². The van der Waals surface area contributed by atoms with Crippen LogP contribution in [0.2, 0.25) is 0 Å². The molecule has 0 aromatic carbocycles. The second-order valence-electron chi connectivity index (χ2n) is 5.64. The molecule has 2 fully saturated rings. The molecule has 2 heterocycles. The Bertz CT molecular complexity index is 393. The number of rotatable bonds is 4. The number of ether oxygens (including phenoxy) is 3. The van der Waals surface area contributed by atoms with Crippen molar-refractivity contribution in [3.8, 4) is 0 Å². The van der Waals surface area contributed by atoms with Gasteiger partial charge in [0.1, 0.15) is 24.4 Å². The molecule has 9 atom stereocenters. The number of hydrogen-bond donors (Lipinski definition) is 8. The van der Waals surface area contributed by atoms with Crippen molar-refractivity contribution in [1.29, 1.82) is 0 Å². The van der Waals surface area contributed by atoms with Crippen LogP contribution in [-0.4, -0.2) is 109 Å². The van der Waals surface area contributed by atoms with Gasteiger partial charge < -0.3 is 55.1 Å². The quantitative estimate of drug-likeness (QED) is 0.228. The zero-order valence-corrected chi connectivity index (χ0v) is 12.0. The van der Waals surface area contributed by atoms with E-state index in [9.17, 15) is 30.6 Å². The fourth-order valence-corrected chi connectivity index (χ4v) is 2.58. The van der Waals surface area contributed by atoms with Crippen LogP contribution in [0.25, 0.3) is 0 Å². The van der Waals surface area contributed by atoms with Crippen LogP contribution in [0.3, 0.4) is 0 Å². The second-order valence-corrected chi connectivity index (χ2v) is 5.64. The molecule has 23 heavy (non-hydrogen) atoms. The molecule has 136 valence electrons. The molecule has 2 aliphatic rings. The van der Waals surface area contributed by atoms with Gasteiger partial charge in [0.25, 0.3) is 0 Å². The first-order chi connectivity index (χ1) is 10.7. The van der Waals surface area contributed by atoms with Gasteiger partial charge in [-0.25, -0.2) is 0 Å². The molecule has 4 unspecified atom stereocenters. The summed E-state index contributed by atoms with van der Waals surface area (Å²) in [5.41, 5.74) is 0. The topological polar surface area (TPSA) is 190 Å². The Kier molecular flexibility index (Phi) is 5.92. The van der Waals surface area contributed by atoms with Crippen LogP contribution in [0.5, 0.6) is 0 Å². The molecule has 0 bridgehead atoms. The van der Waals surface area contributed by atoms with Gasteiger partial charge in [-0.2, -0.15) is 0 Å². The van der Waals surface area contributed by atoms with E-state index >= 15 is 0 Å². The predicted octanol–water partition coefficient (Wildman–Crippen LogP) is -5.05. The van der Waals surface area contributed by atoms with Crippen LogP contribution < -0.4 is 0 Å². The molecule has 0 aromatic heterocycles. The van der Waals surface area contributed by atoms with Gasteiger partial charge in [-0.1, -0.05) is 0 Å². The predicted molar refractivity (Wildman–Crippen MR) is 68.4 cm³/mol. The molecule has 8 N–H and O–H groups in total. The summed E-state index contributed by atoms with van der Waals surface area (Å²) in [5.74, 6) is -2.46. The van der Waals surface area contributed by atoms with Crippen molar-refractivity contribution >= 4 is 0 Å². The normalized spacial score (nSPS) is 51.7. The lowest BCUT2D eigenvalue weighted by molar-refractivity contribution is -0.415. The van der Waals surface area contributed by atoms with Gasteiger partial charge in [0.15, 0.2) is 18.7 Å². The van der Waals surface area contributed by atoms with Crippen LogP contribution in [0.15, 0.2) is 0 Å². The first kappa shape index (κ1) is 18.9. The highest BCUT2D eigenvalue weighted by Crippen LogP contribution is 2.33. The first-order valence-electron chi connectivity index (χ1n) is 7.06. The summed E-state index contributed by atoms with van der Waals surface area (Å²) in [6, 6.07) is 0. The summed E-state index contributed by atoms with van der Waals surface area (Å²) in [6.07, 6.45) is -13.4. The second kappa shape index (κ2) is 7.21. The minimum atomic E-state index is -2.46. The van der Waals surface area contributed by atoms with Crippen molar-refractivity contribution in [1.82, 2.24) is 0 Å². The average Bonchev–Trinajstić information content (AvgIpc) is 2.52. The van der Waals surface area contributed by atoms with Crippen molar-refractivity contribution in [2.24, 2.45) is 0 Å². The minimum Gasteiger partial charge on any atom is -0.394 e. The van der Waals surface area contributed by atoms with Crippen LogP contribution in [0.4, 0.5) is 0 Å². The zero-order chi connectivity index (χ0) is 17.4. The molecule has 11 nitrogen and oxygen atoms in total. The molecule has 0 aliphatic carbocycles. The van der Waals surface area contributed by atoms with Crippen LogP contribution in [0, 0.1) is 0 Å². The van der Waals surface area contributed by atoms with Crippen LogP contribution in [0.1, 0.15) is 6.42 Å². The van der Waals surface area contributed by atoms with E-state index in [0.717, 1.165) is 0 Å². The number of aliphatic hydroxyl groups excluding tert-OH is 7. The van der Waals surface area contributed by atoms with Gasteiger partial charge in [-0.15, -0.1) is 0 Å². The maximum absolute atomic E-state index is 10.4. The zero-order valence-electron chi connectivity index (χ0n) is 12.0. The fourth-order valence-electron chi connectivity index (χ4n) is 2.58. The van der Waals surface area contributed by atoms with Crippen LogP contribution >= 0.6 is 0 Å². The number of aliphatic hydroxyl groups is 8. The summed E-state index contributed by atoms with van der Waals surface area (Å²) in [6.45, 7) is -1.28. The maximum Gasteiger partial charge on any atom is 0.202 e. The third kappa shape index (κ3) is 3.65. The lowest BCUT2D eigenvalue weighted by Crippen LogP contribution is -2.65. The van der Waals surface area contributed by atoms with E-state index in [2.05, 4.69) is 0 Å². The van der Waals surface area contributed by atoms with Crippen molar-refractivity contribution in [2.75, 3.05) is 13.2 Å². The maximum atomic E-state index is 10.4. The highest BCUT2D eigenvalue weighted by atomic mass is 16.8. The summed E-state index contributed by atoms with van der Waals surface area (Å²) in [5, 5.41) is 77.1. The average molecular weight is 342 g/mol. The van der Waals surface area contributed by atoms with Crippen molar-refractivity contribution in [3.63, 3.8) is 0 Å². The fraction of sp³-hybridized carbons (Fsp3) is 1.00. The standard InChI is InChI=1S/C12H22O11/c13-2-4-1-12(20,9(18)10(19)21-4)23-11-8(17)7(16)6(15)5(3-14)22-11/h4-11,13-20H,1-3H2/t4?,5?,6-,7-,8?,9?,10+,11-,12-/m0/s1. The third-order valence-electron chi connectivity index (χ3n) is 3.96. The highest BCUT2D eigenvalue weighted by Gasteiger charge is 2.53. The van der Waals surface area contributed by atoms with E-state index < -0.39 is 74.6 Å². The van der Waals surface area contributed by atoms with E-state index in [1.165, 1.54) is 0 Å². The SMILES string of the molecule is OCC1C[C@](O)(O[C@@H]2OC(CO)[C@H](O)[C@H](O)C2O)C(O)[C@H](O)O1. The summed E-state index contributed by atoms with van der Waals surface area (Å²) in [7, 11) is 0. The van der Waals surface area contributed by atoms with Gasteiger partial charge in [0.05, 0.1) is 19.3 Å². The van der Waals surface area contributed by atoms with Crippen molar-refractivity contribution in [3.05, 3.63) is 0 Å². The Labute approximate surface area is 130 Å². The van der Waals surface area contributed by atoms with Gasteiger partial charge in [-0.05, 0) is 0 Å². The molecule has 0 radical (unpaired) electrons. The van der Waals surface area contributed by atoms with Gasteiger partial charge in [0.2, 0.25) is 5.79 Å². The molecule has 2 saturated heterocycles. The Balaban J connectivity index is 2.14. The van der Waals surface area contributed by atoms with E-state index in [1.54, 1.807) is 0 Å². The molecule has 11 heteroatoms. The molecule has 2 aliphatic heterocycles. The molecule has 2 rings (SSSR count). The summed E-state index contributed by atoms with van der Waals surface area (Å²) in [4.78, 5) is 0. The third-order valence-corrected chi connectivity index (χ3v) is 3.96. The monoisotopic (exact) mass is 342 g/mol. The minimum absolute atomic E-state index is 0.462. The summed E-state index contributed by atoms with van der Waals surface area (Å²) < 4.78 is 15.0. The highest BCUT2D eigenvalue weighted by molar-refractivity contribution is 4.93. The largest absolute Gasteiger partial charge is 0.394 e. The Hall–Kier alpha value is -0.440. The van der Waals surface area contributed by atoms with E-state index in [4.69, 9.17) is 24.4 Å². The van der Waals surface area contributed by atoms with Crippen molar-refractivity contribution in [2.45, 2.75) is 61.4 Å². The van der Waals surface area contributed by atoms with Crippen molar-refractivity contribution < 1.29 is 55.1 Å². The molecule has 0 saturated carbocycles. The van der Waals surface area contributed by atoms with Gasteiger partial charge >= 0.3 is 0 Å². The Morgan fingerprint density at radius 3 is 2.13 bits per heavy atom. The molecule has 0 amide bonds. The van der Waals surface area contributed by atoms with E-state index in [-0.39, 0.29) is 0 Å².